The molecular weight excluding hydrogens is 294 g/mol. The Labute approximate surface area is 133 Å². The van der Waals surface area contributed by atoms with Crippen molar-refractivity contribution >= 4 is 5.91 Å². The van der Waals surface area contributed by atoms with Crippen molar-refractivity contribution in [3.05, 3.63) is 47.4 Å². The number of carbonyl (C=O) groups excluding carboxylic acids is 1. The molecule has 0 spiro atoms. The number of carbonyl (C=O) groups is 1. The van der Waals surface area contributed by atoms with Crippen LogP contribution in [-0.2, 0) is 0 Å². The van der Waals surface area contributed by atoms with E-state index in [2.05, 4.69) is 15.3 Å². The van der Waals surface area contributed by atoms with E-state index in [9.17, 15) is 4.79 Å². The van der Waals surface area contributed by atoms with Gasteiger partial charge in [-0.15, -0.1) is 0 Å². The monoisotopic (exact) mass is 311 g/mol. The van der Waals surface area contributed by atoms with Crippen LogP contribution in [-0.4, -0.2) is 22.9 Å². The van der Waals surface area contributed by atoms with Crippen LogP contribution in [0.2, 0.25) is 0 Å². The molecule has 1 N–H and O–H groups in total. The average Bonchev–Trinajstić information content (AvgIpc) is 3.20. The summed E-state index contributed by atoms with van der Waals surface area (Å²) in [4.78, 5) is 20.9. The number of benzene rings is 1. The summed E-state index contributed by atoms with van der Waals surface area (Å²) in [6, 6.07) is 0. The lowest BCUT2D eigenvalue weighted by molar-refractivity contribution is 0.0962. The van der Waals surface area contributed by atoms with Crippen LogP contribution in [0.25, 0.3) is 22.7 Å². The quantitative estimate of drug-likeness (QED) is 0.802. The molecule has 2 heterocycles. The lowest BCUT2D eigenvalue weighted by Gasteiger charge is -2.19. The zero-order chi connectivity index (χ0) is 16.6. The summed E-state index contributed by atoms with van der Waals surface area (Å²) < 4.78 is 10.6. The van der Waals surface area contributed by atoms with E-state index in [-0.39, 0.29) is 5.91 Å². The molecular formula is C17H17N3O3. The Bertz CT molecular complexity index is 789. The van der Waals surface area contributed by atoms with Gasteiger partial charge in [0, 0.05) is 23.7 Å². The average molecular weight is 311 g/mol. The first-order chi connectivity index (χ1) is 11.1. The number of oxazole rings is 2. The molecule has 0 aliphatic heterocycles. The highest BCUT2D eigenvalue weighted by molar-refractivity contribution is 6.01. The highest BCUT2D eigenvalue weighted by atomic mass is 16.3. The minimum atomic E-state index is -0.155. The Balaban J connectivity index is 2.42. The maximum atomic E-state index is 12.4. The second kappa shape index (κ2) is 5.72. The second-order valence-corrected chi connectivity index (χ2v) is 5.29. The fourth-order valence-electron chi connectivity index (χ4n) is 3.07. The summed E-state index contributed by atoms with van der Waals surface area (Å²) in [5, 5.41) is 2.69. The predicted molar refractivity (Wildman–Crippen MR) is 85.0 cm³/mol. The van der Waals surface area contributed by atoms with Gasteiger partial charge in [-0.3, -0.25) is 4.79 Å². The Morgan fingerprint density at radius 3 is 2.39 bits per heavy atom. The summed E-state index contributed by atoms with van der Waals surface area (Å²) in [5.74, 6) is 0.326. The molecule has 0 unspecified atom stereocenters. The van der Waals surface area contributed by atoms with Crippen LogP contribution in [0, 0.1) is 20.8 Å². The molecule has 23 heavy (non-hydrogen) atoms. The molecule has 3 aromatic rings. The third-order valence-electron chi connectivity index (χ3n) is 4.04. The van der Waals surface area contributed by atoms with Crippen LogP contribution >= 0.6 is 0 Å². The van der Waals surface area contributed by atoms with Gasteiger partial charge in [-0.1, -0.05) is 0 Å². The van der Waals surface area contributed by atoms with Crippen LogP contribution in [0.4, 0.5) is 0 Å². The van der Waals surface area contributed by atoms with Crippen LogP contribution < -0.4 is 5.32 Å². The fourth-order valence-corrected chi connectivity index (χ4v) is 3.07. The Hall–Kier alpha value is -2.89. The Morgan fingerprint density at radius 1 is 1.09 bits per heavy atom. The summed E-state index contributed by atoms with van der Waals surface area (Å²) >= 11 is 0. The van der Waals surface area contributed by atoms with Crippen LogP contribution in [0.3, 0.4) is 0 Å². The Morgan fingerprint density at radius 2 is 1.83 bits per heavy atom. The van der Waals surface area contributed by atoms with E-state index < -0.39 is 0 Å². The van der Waals surface area contributed by atoms with E-state index in [4.69, 9.17) is 8.83 Å². The van der Waals surface area contributed by atoms with E-state index in [1.807, 2.05) is 20.8 Å². The van der Waals surface area contributed by atoms with E-state index in [0.29, 0.717) is 17.1 Å². The molecule has 118 valence electrons. The third kappa shape index (κ3) is 2.32. The van der Waals surface area contributed by atoms with Crippen LogP contribution in [0.15, 0.2) is 34.0 Å². The molecule has 6 heteroatoms. The molecule has 3 rings (SSSR count). The first kappa shape index (κ1) is 15.0. The number of nitrogens with zero attached hydrogens (tertiary/aromatic N) is 2. The van der Waals surface area contributed by atoms with Crippen molar-refractivity contribution in [2.75, 3.05) is 7.05 Å². The molecule has 0 aliphatic carbocycles. The first-order valence-electron chi connectivity index (χ1n) is 7.20. The molecule has 0 saturated heterocycles. The van der Waals surface area contributed by atoms with Crippen molar-refractivity contribution in [1.29, 1.82) is 0 Å². The van der Waals surface area contributed by atoms with Crippen LogP contribution in [0.1, 0.15) is 27.0 Å². The zero-order valence-corrected chi connectivity index (χ0v) is 13.4. The van der Waals surface area contributed by atoms with Gasteiger partial charge in [0.05, 0.1) is 6.20 Å². The third-order valence-corrected chi connectivity index (χ3v) is 4.04. The van der Waals surface area contributed by atoms with Gasteiger partial charge in [-0.25, -0.2) is 9.97 Å². The second-order valence-electron chi connectivity index (χ2n) is 5.29. The van der Waals surface area contributed by atoms with Crippen molar-refractivity contribution < 1.29 is 13.6 Å². The smallest absolute Gasteiger partial charge is 0.251 e. The first-order valence-corrected chi connectivity index (χ1v) is 7.20. The minimum absolute atomic E-state index is 0.155. The van der Waals surface area contributed by atoms with Crippen molar-refractivity contribution in [2.24, 2.45) is 0 Å². The summed E-state index contributed by atoms with van der Waals surface area (Å²) in [6.45, 7) is 5.78. The van der Waals surface area contributed by atoms with Crippen molar-refractivity contribution in [3.63, 3.8) is 0 Å². The largest absolute Gasteiger partial charge is 0.451 e. The van der Waals surface area contributed by atoms with Gasteiger partial charge in [-0.05, 0) is 37.5 Å². The molecule has 0 saturated carbocycles. The topological polar surface area (TPSA) is 81.2 Å². The fraction of sp³-hybridized carbons (Fsp3) is 0.235. The molecule has 0 radical (unpaired) electrons. The van der Waals surface area contributed by atoms with Gasteiger partial charge < -0.3 is 14.2 Å². The summed E-state index contributed by atoms with van der Waals surface area (Å²) in [5.41, 5.74) is 5.57. The predicted octanol–water partition coefficient (Wildman–Crippen LogP) is 3.28. The summed E-state index contributed by atoms with van der Waals surface area (Å²) in [6.07, 6.45) is 6.04. The standard InChI is InChI=1S/C17H17N3O3/c1-9-13(12-7-22-8-20-12)10(2)15(17-19-5-6-23-17)11(3)14(9)16(21)18-4/h5-8H,1-4H3,(H,18,21). The van der Waals surface area contributed by atoms with Crippen molar-refractivity contribution in [1.82, 2.24) is 15.3 Å². The van der Waals surface area contributed by atoms with Gasteiger partial charge in [-0.2, -0.15) is 0 Å². The lowest BCUT2D eigenvalue weighted by atomic mass is 9.86. The van der Waals surface area contributed by atoms with Crippen molar-refractivity contribution in [3.8, 4) is 22.7 Å². The van der Waals surface area contributed by atoms with E-state index in [1.165, 1.54) is 12.7 Å². The van der Waals surface area contributed by atoms with Gasteiger partial charge in [0.15, 0.2) is 6.39 Å². The number of hydrogen-bond donors (Lipinski definition) is 1. The maximum absolute atomic E-state index is 12.4. The number of hydrogen-bond acceptors (Lipinski definition) is 5. The van der Waals surface area contributed by atoms with Crippen molar-refractivity contribution in [2.45, 2.75) is 20.8 Å². The van der Waals surface area contributed by atoms with E-state index in [0.717, 1.165) is 27.8 Å². The van der Waals surface area contributed by atoms with Gasteiger partial charge in [0.1, 0.15) is 18.2 Å². The molecule has 0 fully saturated rings. The molecule has 6 nitrogen and oxygen atoms in total. The van der Waals surface area contributed by atoms with Gasteiger partial charge in [0.25, 0.3) is 5.91 Å². The minimum Gasteiger partial charge on any atom is -0.451 e. The molecule has 0 atom stereocenters. The number of aromatic nitrogens is 2. The molecule has 1 amide bonds. The number of rotatable bonds is 3. The molecule has 0 bridgehead atoms. The van der Waals surface area contributed by atoms with E-state index in [1.54, 1.807) is 19.5 Å². The lowest BCUT2D eigenvalue weighted by Crippen LogP contribution is -2.21. The van der Waals surface area contributed by atoms with Gasteiger partial charge >= 0.3 is 0 Å². The number of nitrogens with one attached hydrogen (secondary N) is 1. The maximum Gasteiger partial charge on any atom is 0.251 e. The molecule has 1 aromatic carbocycles. The van der Waals surface area contributed by atoms with E-state index >= 15 is 0 Å². The zero-order valence-electron chi connectivity index (χ0n) is 13.4. The number of amides is 1. The SMILES string of the molecule is CNC(=O)c1c(C)c(-c2cocn2)c(C)c(-c2ncco2)c1C. The highest BCUT2D eigenvalue weighted by Gasteiger charge is 2.25. The Kier molecular flexibility index (Phi) is 3.73. The summed E-state index contributed by atoms with van der Waals surface area (Å²) in [7, 11) is 1.61. The van der Waals surface area contributed by atoms with Gasteiger partial charge in [0.2, 0.25) is 5.89 Å². The molecule has 0 aliphatic rings. The normalized spacial score (nSPS) is 10.8. The molecule has 2 aromatic heterocycles. The van der Waals surface area contributed by atoms with Crippen LogP contribution in [0.5, 0.6) is 0 Å². The highest BCUT2D eigenvalue weighted by Crippen LogP contribution is 2.38.